The van der Waals surface area contributed by atoms with E-state index in [4.69, 9.17) is 0 Å². The Morgan fingerprint density at radius 3 is 1.45 bits per heavy atom. The lowest BCUT2D eigenvalue weighted by Crippen LogP contribution is -1.94. The SMILES string of the molecule is CC.c1ccc(-c2ccc3c(c2)c2ccccc2n3-c2ccc(-c3c4ccccc4c(-c4ccc5ccccc5c4)c4ccccc34)cc2)cc1. The highest BCUT2D eigenvalue weighted by atomic mass is 15.0. The predicted octanol–water partition coefficient (Wildman–Crippen LogP) is 14.3. The standard InChI is InChI=1S/C48H31N.C2H6/c1-2-12-32(13-3-1)36-26-29-46-44(31-36)39-16-10-11-21-45(39)49(46)38-27-24-34(25-28-38)47-40-17-6-8-19-42(40)48(43-20-9-7-18-41(43)47)37-23-22-33-14-4-5-15-35(33)30-37;1-2/h1-31H;1-2H3. The molecule has 1 heterocycles. The average Bonchev–Trinajstić information content (AvgIpc) is 3.54. The van der Waals surface area contributed by atoms with E-state index in [9.17, 15) is 0 Å². The summed E-state index contributed by atoms with van der Waals surface area (Å²) in [5, 5.41) is 10.1. The van der Waals surface area contributed by atoms with Crippen molar-refractivity contribution in [1.82, 2.24) is 4.57 Å². The van der Waals surface area contributed by atoms with Crippen LogP contribution < -0.4 is 0 Å². The van der Waals surface area contributed by atoms with E-state index in [1.165, 1.54) is 87.5 Å². The number of para-hydroxylation sites is 1. The molecule has 0 saturated heterocycles. The second-order valence-corrected chi connectivity index (χ2v) is 12.9. The van der Waals surface area contributed by atoms with Gasteiger partial charge >= 0.3 is 0 Å². The molecule has 9 aromatic carbocycles. The lowest BCUT2D eigenvalue weighted by molar-refractivity contribution is 1.18. The predicted molar refractivity (Wildman–Crippen MR) is 221 cm³/mol. The summed E-state index contributed by atoms with van der Waals surface area (Å²) in [6.07, 6.45) is 0. The van der Waals surface area contributed by atoms with E-state index in [-0.39, 0.29) is 0 Å². The zero-order chi connectivity index (χ0) is 34.3. The van der Waals surface area contributed by atoms with Gasteiger partial charge in [-0.05, 0) is 102 Å². The van der Waals surface area contributed by atoms with Gasteiger partial charge < -0.3 is 4.57 Å². The van der Waals surface area contributed by atoms with Gasteiger partial charge in [0.1, 0.15) is 0 Å². The Hall–Kier alpha value is -6.44. The van der Waals surface area contributed by atoms with Gasteiger partial charge in [0.15, 0.2) is 0 Å². The third kappa shape index (κ3) is 5.09. The van der Waals surface area contributed by atoms with Crippen molar-refractivity contribution >= 4 is 54.1 Å². The molecule has 0 amide bonds. The van der Waals surface area contributed by atoms with E-state index in [2.05, 4.69) is 193 Å². The Morgan fingerprint density at radius 1 is 0.294 bits per heavy atom. The first-order valence-corrected chi connectivity index (χ1v) is 17.9. The van der Waals surface area contributed by atoms with Crippen LogP contribution in [0.25, 0.3) is 93.2 Å². The number of hydrogen-bond donors (Lipinski definition) is 0. The minimum absolute atomic E-state index is 1.16. The van der Waals surface area contributed by atoms with Crippen LogP contribution in [0.15, 0.2) is 188 Å². The van der Waals surface area contributed by atoms with Crippen LogP contribution in [0.4, 0.5) is 0 Å². The van der Waals surface area contributed by atoms with Gasteiger partial charge in [-0.2, -0.15) is 0 Å². The molecular formula is C50H37N. The van der Waals surface area contributed by atoms with Gasteiger partial charge in [0.05, 0.1) is 11.0 Å². The summed E-state index contributed by atoms with van der Waals surface area (Å²) in [7, 11) is 0. The third-order valence-electron chi connectivity index (χ3n) is 10.2. The van der Waals surface area contributed by atoms with Crippen molar-refractivity contribution in [1.29, 1.82) is 0 Å². The quantitative estimate of drug-likeness (QED) is 0.167. The molecule has 0 aliphatic carbocycles. The Bertz CT molecular complexity index is 2800. The van der Waals surface area contributed by atoms with Crippen LogP contribution >= 0.6 is 0 Å². The fraction of sp³-hybridized carbons (Fsp3) is 0.0400. The smallest absolute Gasteiger partial charge is 0.0541 e. The molecule has 10 rings (SSSR count). The van der Waals surface area contributed by atoms with Gasteiger partial charge in [-0.3, -0.25) is 0 Å². The number of hydrogen-bond acceptors (Lipinski definition) is 0. The van der Waals surface area contributed by atoms with Crippen LogP contribution in [-0.4, -0.2) is 4.57 Å². The largest absolute Gasteiger partial charge is 0.309 e. The molecule has 1 nitrogen and oxygen atoms in total. The first-order valence-electron chi connectivity index (χ1n) is 17.9. The molecule has 242 valence electrons. The van der Waals surface area contributed by atoms with Crippen molar-refractivity contribution in [3.05, 3.63) is 188 Å². The summed E-state index contributed by atoms with van der Waals surface area (Å²) in [6, 6.07) is 68.7. The number of benzene rings is 9. The summed E-state index contributed by atoms with van der Waals surface area (Å²) < 4.78 is 2.41. The Labute approximate surface area is 298 Å². The maximum absolute atomic E-state index is 2.41. The van der Waals surface area contributed by atoms with Gasteiger partial charge in [-0.1, -0.05) is 166 Å². The van der Waals surface area contributed by atoms with Crippen molar-refractivity contribution < 1.29 is 0 Å². The molecule has 0 radical (unpaired) electrons. The van der Waals surface area contributed by atoms with Crippen LogP contribution in [0.2, 0.25) is 0 Å². The van der Waals surface area contributed by atoms with E-state index in [1.54, 1.807) is 0 Å². The van der Waals surface area contributed by atoms with Gasteiger partial charge in [-0.15, -0.1) is 0 Å². The van der Waals surface area contributed by atoms with Gasteiger partial charge in [0.2, 0.25) is 0 Å². The third-order valence-corrected chi connectivity index (χ3v) is 10.2. The minimum Gasteiger partial charge on any atom is -0.309 e. The first kappa shape index (κ1) is 30.6. The van der Waals surface area contributed by atoms with Crippen molar-refractivity contribution in [2.24, 2.45) is 0 Å². The maximum atomic E-state index is 2.41. The normalized spacial score (nSPS) is 11.3. The molecular weight excluding hydrogens is 615 g/mol. The summed E-state index contributed by atoms with van der Waals surface area (Å²) in [5.41, 5.74) is 11.1. The van der Waals surface area contributed by atoms with Crippen LogP contribution in [0.5, 0.6) is 0 Å². The van der Waals surface area contributed by atoms with Crippen molar-refractivity contribution in [3.63, 3.8) is 0 Å². The van der Waals surface area contributed by atoms with Crippen LogP contribution in [0.3, 0.4) is 0 Å². The van der Waals surface area contributed by atoms with Crippen LogP contribution in [0.1, 0.15) is 13.8 Å². The summed E-state index contributed by atoms with van der Waals surface area (Å²) >= 11 is 0. The number of fused-ring (bicyclic) bond motifs is 6. The summed E-state index contributed by atoms with van der Waals surface area (Å²) in [6.45, 7) is 4.00. The lowest BCUT2D eigenvalue weighted by atomic mass is 9.85. The molecule has 0 atom stereocenters. The zero-order valence-corrected chi connectivity index (χ0v) is 28.8. The average molecular weight is 652 g/mol. The number of aromatic nitrogens is 1. The summed E-state index contributed by atoms with van der Waals surface area (Å²) in [4.78, 5) is 0. The lowest BCUT2D eigenvalue weighted by Gasteiger charge is -2.18. The highest BCUT2D eigenvalue weighted by Gasteiger charge is 2.18. The van der Waals surface area contributed by atoms with E-state index in [0.29, 0.717) is 0 Å². The van der Waals surface area contributed by atoms with Gasteiger partial charge in [-0.25, -0.2) is 0 Å². The van der Waals surface area contributed by atoms with E-state index >= 15 is 0 Å². The van der Waals surface area contributed by atoms with Gasteiger partial charge in [0.25, 0.3) is 0 Å². The molecule has 0 spiro atoms. The Morgan fingerprint density at radius 2 is 0.784 bits per heavy atom. The molecule has 0 aliphatic heterocycles. The number of nitrogens with zero attached hydrogens (tertiary/aromatic N) is 1. The minimum atomic E-state index is 1.16. The molecule has 1 aromatic heterocycles. The van der Waals surface area contributed by atoms with Crippen molar-refractivity contribution in [2.45, 2.75) is 13.8 Å². The molecule has 51 heavy (non-hydrogen) atoms. The zero-order valence-electron chi connectivity index (χ0n) is 28.8. The second kappa shape index (κ2) is 12.8. The van der Waals surface area contributed by atoms with Gasteiger partial charge in [0, 0.05) is 16.5 Å². The molecule has 0 saturated carbocycles. The van der Waals surface area contributed by atoms with E-state index in [0.717, 1.165) is 5.69 Å². The molecule has 0 fully saturated rings. The molecule has 0 unspecified atom stereocenters. The van der Waals surface area contributed by atoms with Crippen molar-refractivity contribution in [2.75, 3.05) is 0 Å². The Kier molecular flexibility index (Phi) is 7.67. The van der Waals surface area contributed by atoms with Crippen molar-refractivity contribution in [3.8, 4) is 39.1 Å². The highest BCUT2D eigenvalue weighted by molar-refractivity contribution is 6.21. The Balaban J connectivity index is 0.00000171. The van der Waals surface area contributed by atoms with E-state index < -0.39 is 0 Å². The topological polar surface area (TPSA) is 4.93 Å². The first-order chi connectivity index (χ1) is 25.3. The highest BCUT2D eigenvalue weighted by Crippen LogP contribution is 2.44. The molecule has 0 aliphatic rings. The number of rotatable bonds is 4. The fourth-order valence-corrected chi connectivity index (χ4v) is 7.93. The summed E-state index contributed by atoms with van der Waals surface area (Å²) in [5.74, 6) is 0. The maximum Gasteiger partial charge on any atom is 0.0541 e. The van der Waals surface area contributed by atoms with Crippen LogP contribution in [-0.2, 0) is 0 Å². The molecule has 0 bridgehead atoms. The molecule has 1 heteroatoms. The molecule has 10 aromatic rings. The van der Waals surface area contributed by atoms with E-state index in [1.807, 2.05) is 13.8 Å². The monoisotopic (exact) mass is 651 g/mol. The van der Waals surface area contributed by atoms with Crippen LogP contribution in [0, 0.1) is 0 Å². The molecule has 0 N–H and O–H groups in total. The fourth-order valence-electron chi connectivity index (χ4n) is 7.93. The second-order valence-electron chi connectivity index (χ2n) is 12.9.